The Hall–Kier alpha value is -1.93. The van der Waals surface area contributed by atoms with Crippen molar-refractivity contribution in [3.05, 3.63) is 70.8 Å². The zero-order valence-electron chi connectivity index (χ0n) is 11.9. The van der Waals surface area contributed by atoms with Crippen LogP contribution in [0, 0.1) is 0 Å². The van der Waals surface area contributed by atoms with Crippen molar-refractivity contribution in [2.45, 2.75) is 26.2 Å². The predicted octanol–water partition coefficient (Wildman–Crippen LogP) is 3.18. The minimum Gasteiger partial charge on any atom is -0.330 e. The van der Waals surface area contributed by atoms with Crippen LogP contribution in [0.3, 0.4) is 0 Å². The molecular weight excluding hydrogens is 246 g/mol. The Morgan fingerprint density at radius 3 is 2.00 bits per heavy atom. The maximum Gasteiger partial charge on any atom is 0.167 e. The Kier molecular flexibility index (Phi) is 5.08. The smallest absolute Gasteiger partial charge is 0.167 e. The van der Waals surface area contributed by atoms with Crippen molar-refractivity contribution in [2.24, 2.45) is 5.73 Å². The first-order chi connectivity index (χ1) is 9.72. The van der Waals surface area contributed by atoms with Crippen LogP contribution >= 0.6 is 0 Å². The van der Waals surface area contributed by atoms with Gasteiger partial charge in [-0.1, -0.05) is 55.5 Å². The predicted molar refractivity (Wildman–Crippen MR) is 83.1 cm³/mol. The van der Waals surface area contributed by atoms with E-state index in [2.05, 4.69) is 19.1 Å². The Labute approximate surface area is 120 Å². The molecule has 0 aliphatic heterocycles. The lowest BCUT2D eigenvalue weighted by Gasteiger charge is -2.04. The van der Waals surface area contributed by atoms with E-state index in [0.29, 0.717) is 13.0 Å². The van der Waals surface area contributed by atoms with E-state index in [1.54, 1.807) is 0 Å². The van der Waals surface area contributed by atoms with Crippen LogP contribution in [0.1, 0.15) is 34.0 Å². The maximum atomic E-state index is 12.2. The summed E-state index contributed by atoms with van der Waals surface area (Å²) >= 11 is 0. The van der Waals surface area contributed by atoms with Gasteiger partial charge in [0.05, 0.1) is 0 Å². The molecule has 0 saturated heterocycles. The number of hydrogen-bond donors (Lipinski definition) is 1. The Balaban J connectivity index is 2.03. The molecule has 2 rings (SSSR count). The van der Waals surface area contributed by atoms with Crippen molar-refractivity contribution < 1.29 is 4.79 Å². The van der Waals surface area contributed by atoms with Crippen molar-refractivity contribution in [1.29, 1.82) is 0 Å². The summed E-state index contributed by atoms with van der Waals surface area (Å²) < 4.78 is 0. The summed E-state index contributed by atoms with van der Waals surface area (Å²) in [5.41, 5.74) is 9.83. The van der Waals surface area contributed by atoms with Gasteiger partial charge in [0.15, 0.2) is 5.78 Å². The first-order valence-electron chi connectivity index (χ1n) is 7.13. The molecule has 2 heteroatoms. The van der Waals surface area contributed by atoms with E-state index >= 15 is 0 Å². The van der Waals surface area contributed by atoms with Crippen LogP contribution in [0.4, 0.5) is 0 Å². The van der Waals surface area contributed by atoms with Crippen molar-refractivity contribution in [3.8, 4) is 0 Å². The summed E-state index contributed by atoms with van der Waals surface area (Å²) in [5, 5.41) is 0. The number of Topliss-reactive ketones (excluding diaryl/α,β-unsaturated/α-hetero) is 1. The van der Waals surface area contributed by atoms with E-state index in [-0.39, 0.29) is 5.78 Å². The molecule has 0 bridgehead atoms. The van der Waals surface area contributed by atoms with Gasteiger partial charge >= 0.3 is 0 Å². The fourth-order valence-corrected chi connectivity index (χ4v) is 2.20. The maximum absolute atomic E-state index is 12.2. The van der Waals surface area contributed by atoms with Gasteiger partial charge in [-0.05, 0) is 36.1 Å². The standard InChI is InChI=1S/C18H21NO/c1-2-14-3-5-16(6-4-14)13-18(20)17-9-7-15(8-10-17)11-12-19/h3-10H,2,11-13,19H2,1H3. The summed E-state index contributed by atoms with van der Waals surface area (Å²) in [4.78, 5) is 12.2. The van der Waals surface area contributed by atoms with Crippen molar-refractivity contribution in [3.63, 3.8) is 0 Å². The highest BCUT2D eigenvalue weighted by molar-refractivity contribution is 5.97. The topological polar surface area (TPSA) is 43.1 Å². The zero-order chi connectivity index (χ0) is 14.4. The van der Waals surface area contributed by atoms with Crippen molar-refractivity contribution in [1.82, 2.24) is 0 Å². The highest BCUT2D eigenvalue weighted by atomic mass is 16.1. The van der Waals surface area contributed by atoms with E-state index in [1.807, 2.05) is 36.4 Å². The lowest BCUT2D eigenvalue weighted by Crippen LogP contribution is -2.05. The highest BCUT2D eigenvalue weighted by Gasteiger charge is 2.07. The second-order valence-electron chi connectivity index (χ2n) is 5.01. The van der Waals surface area contributed by atoms with Gasteiger partial charge in [-0.25, -0.2) is 0 Å². The van der Waals surface area contributed by atoms with Gasteiger partial charge in [0.1, 0.15) is 0 Å². The molecule has 0 saturated carbocycles. The molecule has 0 fully saturated rings. The van der Waals surface area contributed by atoms with Crippen LogP contribution in [-0.2, 0) is 19.3 Å². The summed E-state index contributed by atoms with van der Waals surface area (Å²) in [6.07, 6.45) is 2.34. The summed E-state index contributed by atoms with van der Waals surface area (Å²) in [7, 11) is 0. The van der Waals surface area contributed by atoms with Gasteiger partial charge in [-0.2, -0.15) is 0 Å². The minimum absolute atomic E-state index is 0.161. The first-order valence-corrected chi connectivity index (χ1v) is 7.13. The number of ketones is 1. The third-order valence-corrected chi connectivity index (χ3v) is 3.50. The molecule has 0 aliphatic rings. The molecule has 0 radical (unpaired) electrons. The average molecular weight is 267 g/mol. The van der Waals surface area contributed by atoms with Crippen LogP contribution in [0.5, 0.6) is 0 Å². The summed E-state index contributed by atoms with van der Waals surface area (Å²) in [5.74, 6) is 0.161. The van der Waals surface area contributed by atoms with Gasteiger partial charge in [-0.15, -0.1) is 0 Å². The molecule has 0 aliphatic carbocycles. The van der Waals surface area contributed by atoms with Crippen LogP contribution in [0.25, 0.3) is 0 Å². The molecule has 0 amide bonds. The SMILES string of the molecule is CCc1ccc(CC(=O)c2ccc(CCN)cc2)cc1. The molecule has 0 spiro atoms. The molecular formula is C18H21NO. The molecule has 2 aromatic rings. The second-order valence-corrected chi connectivity index (χ2v) is 5.01. The lowest BCUT2D eigenvalue weighted by atomic mass is 10.00. The van der Waals surface area contributed by atoms with Gasteiger partial charge in [0.2, 0.25) is 0 Å². The molecule has 0 unspecified atom stereocenters. The monoisotopic (exact) mass is 267 g/mol. The molecule has 2 aromatic carbocycles. The fourth-order valence-electron chi connectivity index (χ4n) is 2.20. The third-order valence-electron chi connectivity index (χ3n) is 3.50. The van der Waals surface area contributed by atoms with Crippen molar-refractivity contribution in [2.75, 3.05) is 6.54 Å². The molecule has 2 nitrogen and oxygen atoms in total. The average Bonchev–Trinajstić information content (AvgIpc) is 2.49. The number of nitrogens with two attached hydrogens (primary N) is 1. The number of rotatable bonds is 6. The number of aryl methyl sites for hydroxylation is 1. The van der Waals surface area contributed by atoms with Crippen LogP contribution < -0.4 is 5.73 Å². The van der Waals surface area contributed by atoms with Crippen LogP contribution in [0.15, 0.2) is 48.5 Å². The molecule has 0 heterocycles. The largest absolute Gasteiger partial charge is 0.330 e. The Morgan fingerprint density at radius 1 is 0.900 bits per heavy atom. The summed E-state index contributed by atoms with van der Waals surface area (Å²) in [6.45, 7) is 2.76. The number of carbonyl (C=O) groups excluding carboxylic acids is 1. The Morgan fingerprint density at radius 2 is 1.45 bits per heavy atom. The number of hydrogen-bond acceptors (Lipinski definition) is 2. The number of benzene rings is 2. The molecule has 20 heavy (non-hydrogen) atoms. The van der Waals surface area contributed by atoms with E-state index in [9.17, 15) is 4.79 Å². The third kappa shape index (κ3) is 3.78. The van der Waals surface area contributed by atoms with Gasteiger partial charge in [0, 0.05) is 12.0 Å². The first kappa shape index (κ1) is 14.5. The van der Waals surface area contributed by atoms with Crippen LogP contribution in [0.2, 0.25) is 0 Å². The highest BCUT2D eigenvalue weighted by Crippen LogP contribution is 2.11. The fraction of sp³-hybridized carbons (Fsp3) is 0.278. The Bertz CT molecular complexity index is 555. The quantitative estimate of drug-likeness (QED) is 0.817. The molecule has 2 N–H and O–H groups in total. The molecule has 0 aromatic heterocycles. The van der Waals surface area contributed by atoms with Gasteiger partial charge in [0.25, 0.3) is 0 Å². The molecule has 0 atom stereocenters. The summed E-state index contributed by atoms with van der Waals surface area (Å²) in [6, 6.07) is 16.0. The van der Waals surface area contributed by atoms with E-state index in [4.69, 9.17) is 5.73 Å². The van der Waals surface area contributed by atoms with Crippen LogP contribution in [-0.4, -0.2) is 12.3 Å². The normalized spacial score (nSPS) is 10.5. The van der Waals surface area contributed by atoms with Crippen molar-refractivity contribution >= 4 is 5.78 Å². The number of carbonyl (C=O) groups is 1. The molecule has 104 valence electrons. The zero-order valence-corrected chi connectivity index (χ0v) is 11.9. The van der Waals surface area contributed by atoms with E-state index in [0.717, 1.165) is 24.0 Å². The van der Waals surface area contributed by atoms with E-state index in [1.165, 1.54) is 11.1 Å². The van der Waals surface area contributed by atoms with Gasteiger partial charge < -0.3 is 5.73 Å². The van der Waals surface area contributed by atoms with E-state index < -0.39 is 0 Å². The lowest BCUT2D eigenvalue weighted by molar-refractivity contribution is 0.0993. The van der Waals surface area contributed by atoms with Gasteiger partial charge in [-0.3, -0.25) is 4.79 Å². The second kappa shape index (κ2) is 7.01. The minimum atomic E-state index is 0.161.